The minimum atomic E-state index is -0.887. The SMILES string of the molecule is CC1CCc2sc(C(=O)N3CCC(C(=O)O)(c4ccccc4)CC3)cc2C1. The maximum Gasteiger partial charge on any atom is 0.314 e. The van der Waals surface area contributed by atoms with Crippen LogP contribution in [0.25, 0.3) is 0 Å². The summed E-state index contributed by atoms with van der Waals surface area (Å²) in [6, 6.07) is 11.5. The molecule has 0 bridgehead atoms. The molecule has 1 fully saturated rings. The van der Waals surface area contributed by atoms with E-state index in [1.807, 2.05) is 35.2 Å². The maximum absolute atomic E-state index is 13.0. The molecule has 142 valence electrons. The van der Waals surface area contributed by atoms with Gasteiger partial charge in [0.1, 0.15) is 0 Å². The summed E-state index contributed by atoms with van der Waals surface area (Å²) < 4.78 is 0. The van der Waals surface area contributed by atoms with Gasteiger partial charge in [0, 0.05) is 18.0 Å². The van der Waals surface area contributed by atoms with Crippen molar-refractivity contribution in [2.24, 2.45) is 5.92 Å². The molecule has 1 saturated heterocycles. The largest absolute Gasteiger partial charge is 0.481 e. The number of benzene rings is 1. The number of rotatable bonds is 3. The Morgan fingerprint density at radius 1 is 1.19 bits per heavy atom. The second kappa shape index (κ2) is 7.12. The number of likely N-dealkylation sites (tertiary alicyclic amines) is 1. The zero-order valence-corrected chi connectivity index (χ0v) is 16.4. The van der Waals surface area contributed by atoms with Crippen LogP contribution in [0, 0.1) is 5.92 Å². The zero-order valence-electron chi connectivity index (χ0n) is 15.6. The van der Waals surface area contributed by atoms with E-state index >= 15 is 0 Å². The first kappa shape index (κ1) is 18.2. The Hall–Kier alpha value is -2.14. The number of aryl methyl sites for hydroxylation is 1. The molecule has 0 saturated carbocycles. The number of carbonyl (C=O) groups excluding carboxylic acids is 1. The Morgan fingerprint density at radius 3 is 2.56 bits per heavy atom. The van der Waals surface area contributed by atoms with Crippen molar-refractivity contribution in [2.75, 3.05) is 13.1 Å². The minimum Gasteiger partial charge on any atom is -0.481 e. The third kappa shape index (κ3) is 3.29. The number of hydrogen-bond acceptors (Lipinski definition) is 3. The monoisotopic (exact) mass is 383 g/mol. The Bertz CT molecular complexity index is 850. The molecule has 1 aromatic heterocycles. The number of aliphatic carboxylic acids is 1. The van der Waals surface area contributed by atoms with E-state index < -0.39 is 11.4 Å². The quantitative estimate of drug-likeness (QED) is 0.867. The van der Waals surface area contributed by atoms with Gasteiger partial charge in [0.05, 0.1) is 10.3 Å². The predicted octanol–water partition coefficient (Wildman–Crippen LogP) is 4.13. The molecule has 1 atom stereocenters. The molecule has 1 aliphatic heterocycles. The Balaban J connectivity index is 1.50. The predicted molar refractivity (Wildman–Crippen MR) is 106 cm³/mol. The summed E-state index contributed by atoms with van der Waals surface area (Å²) >= 11 is 1.63. The minimum absolute atomic E-state index is 0.0640. The molecule has 27 heavy (non-hydrogen) atoms. The van der Waals surface area contributed by atoms with Gasteiger partial charge in [-0.1, -0.05) is 37.3 Å². The summed E-state index contributed by atoms with van der Waals surface area (Å²) in [5.74, 6) is -0.0393. The van der Waals surface area contributed by atoms with Gasteiger partial charge in [-0.3, -0.25) is 9.59 Å². The molecule has 2 aromatic rings. The summed E-state index contributed by atoms with van der Waals surface area (Å²) in [5.41, 5.74) is 1.29. The van der Waals surface area contributed by atoms with Crippen LogP contribution in [-0.4, -0.2) is 35.0 Å². The molecular weight excluding hydrogens is 358 g/mol. The van der Waals surface area contributed by atoms with Crippen molar-refractivity contribution in [2.45, 2.75) is 44.4 Å². The van der Waals surface area contributed by atoms with Crippen LogP contribution >= 0.6 is 11.3 Å². The summed E-state index contributed by atoms with van der Waals surface area (Å²) in [7, 11) is 0. The van der Waals surface area contributed by atoms with E-state index in [0.29, 0.717) is 31.8 Å². The van der Waals surface area contributed by atoms with E-state index in [1.54, 1.807) is 11.3 Å². The Labute approximate surface area is 163 Å². The van der Waals surface area contributed by atoms with Crippen LogP contribution in [0.2, 0.25) is 0 Å². The summed E-state index contributed by atoms with van der Waals surface area (Å²) in [6.45, 7) is 3.24. The van der Waals surface area contributed by atoms with Crippen molar-refractivity contribution in [3.8, 4) is 0 Å². The summed E-state index contributed by atoms with van der Waals surface area (Å²) in [4.78, 5) is 29.1. The first-order valence-corrected chi connectivity index (χ1v) is 10.5. The van der Waals surface area contributed by atoms with E-state index in [-0.39, 0.29) is 5.91 Å². The molecule has 5 heteroatoms. The van der Waals surface area contributed by atoms with Crippen LogP contribution in [0.15, 0.2) is 36.4 Å². The molecular formula is C22H25NO3S. The van der Waals surface area contributed by atoms with Crippen LogP contribution in [0.3, 0.4) is 0 Å². The Kier molecular flexibility index (Phi) is 4.81. The van der Waals surface area contributed by atoms with Crippen LogP contribution in [0.1, 0.15) is 51.9 Å². The van der Waals surface area contributed by atoms with Crippen LogP contribution in [0.5, 0.6) is 0 Å². The van der Waals surface area contributed by atoms with Gasteiger partial charge in [-0.05, 0) is 55.2 Å². The number of fused-ring (bicyclic) bond motifs is 1. The molecule has 1 N–H and O–H groups in total. The van der Waals surface area contributed by atoms with Gasteiger partial charge >= 0.3 is 5.97 Å². The first-order chi connectivity index (χ1) is 13.0. The summed E-state index contributed by atoms with van der Waals surface area (Å²) in [5, 5.41) is 9.92. The molecule has 1 aliphatic carbocycles. The second-order valence-electron chi connectivity index (χ2n) is 7.95. The fourth-order valence-corrected chi connectivity index (χ4v) is 5.62. The van der Waals surface area contributed by atoms with E-state index in [9.17, 15) is 14.7 Å². The number of nitrogens with zero attached hydrogens (tertiary/aromatic N) is 1. The highest BCUT2D eigenvalue weighted by Gasteiger charge is 2.44. The fourth-order valence-electron chi connectivity index (χ4n) is 4.44. The van der Waals surface area contributed by atoms with Crippen molar-refractivity contribution in [1.29, 1.82) is 0 Å². The molecule has 1 unspecified atom stereocenters. The van der Waals surface area contributed by atoms with Crippen molar-refractivity contribution in [1.82, 2.24) is 4.90 Å². The van der Waals surface area contributed by atoms with Gasteiger partial charge in [-0.2, -0.15) is 0 Å². The van der Waals surface area contributed by atoms with Gasteiger partial charge in [0.15, 0.2) is 0 Å². The smallest absolute Gasteiger partial charge is 0.314 e. The molecule has 1 amide bonds. The standard InChI is InChI=1S/C22H25NO3S/c1-15-7-8-18-16(13-15)14-19(27-18)20(24)23-11-9-22(10-12-23,21(25)26)17-5-3-2-4-6-17/h2-6,14-15H,7-13H2,1H3,(H,25,26). The lowest BCUT2D eigenvalue weighted by atomic mass is 9.73. The molecule has 1 aromatic carbocycles. The average Bonchev–Trinajstić information content (AvgIpc) is 3.11. The number of piperidine rings is 1. The van der Waals surface area contributed by atoms with E-state index in [2.05, 4.69) is 13.0 Å². The van der Waals surface area contributed by atoms with Crippen LogP contribution in [-0.2, 0) is 23.1 Å². The van der Waals surface area contributed by atoms with Crippen molar-refractivity contribution in [3.05, 3.63) is 57.3 Å². The topological polar surface area (TPSA) is 57.6 Å². The Morgan fingerprint density at radius 2 is 1.89 bits per heavy atom. The molecule has 0 spiro atoms. The zero-order chi connectivity index (χ0) is 19.0. The van der Waals surface area contributed by atoms with Gasteiger partial charge in [0.2, 0.25) is 0 Å². The maximum atomic E-state index is 13.0. The van der Waals surface area contributed by atoms with Gasteiger partial charge in [-0.25, -0.2) is 0 Å². The van der Waals surface area contributed by atoms with E-state index in [1.165, 1.54) is 16.9 Å². The van der Waals surface area contributed by atoms with Crippen LogP contribution in [0.4, 0.5) is 0 Å². The number of carboxylic acids is 1. The fraction of sp³-hybridized carbons (Fsp3) is 0.455. The highest BCUT2D eigenvalue weighted by molar-refractivity contribution is 7.14. The summed E-state index contributed by atoms with van der Waals surface area (Å²) in [6.07, 6.45) is 4.25. The number of carbonyl (C=O) groups is 2. The third-order valence-electron chi connectivity index (χ3n) is 6.18. The number of hydrogen-bond donors (Lipinski definition) is 1. The van der Waals surface area contributed by atoms with Crippen molar-refractivity contribution in [3.63, 3.8) is 0 Å². The highest BCUT2D eigenvalue weighted by atomic mass is 32.1. The van der Waals surface area contributed by atoms with Gasteiger partial charge in [-0.15, -0.1) is 11.3 Å². The first-order valence-electron chi connectivity index (χ1n) is 9.69. The van der Waals surface area contributed by atoms with Crippen molar-refractivity contribution >= 4 is 23.2 Å². The van der Waals surface area contributed by atoms with Crippen molar-refractivity contribution < 1.29 is 14.7 Å². The third-order valence-corrected chi connectivity index (χ3v) is 7.41. The normalized spacial score (nSPS) is 21.5. The molecule has 4 rings (SSSR count). The van der Waals surface area contributed by atoms with Gasteiger partial charge in [0.25, 0.3) is 5.91 Å². The molecule has 4 nitrogen and oxygen atoms in total. The van der Waals surface area contributed by atoms with E-state index in [0.717, 1.165) is 23.3 Å². The number of amides is 1. The average molecular weight is 384 g/mol. The van der Waals surface area contributed by atoms with Crippen LogP contribution < -0.4 is 0 Å². The molecule has 2 aliphatic rings. The van der Waals surface area contributed by atoms with E-state index in [4.69, 9.17) is 0 Å². The number of carboxylic acid groups (broad SMARTS) is 1. The highest BCUT2D eigenvalue weighted by Crippen LogP contribution is 2.37. The molecule has 2 heterocycles. The molecule has 0 radical (unpaired) electrons. The lowest BCUT2D eigenvalue weighted by Gasteiger charge is -2.39. The lowest BCUT2D eigenvalue weighted by Crippen LogP contribution is -2.49. The number of thiophene rings is 1. The second-order valence-corrected chi connectivity index (χ2v) is 9.09. The van der Waals surface area contributed by atoms with Gasteiger partial charge < -0.3 is 10.0 Å². The lowest BCUT2D eigenvalue weighted by molar-refractivity contribution is -0.145.